The van der Waals surface area contributed by atoms with Crippen molar-refractivity contribution in [3.8, 4) is 11.4 Å². The molecule has 0 aliphatic heterocycles. The van der Waals surface area contributed by atoms with E-state index in [2.05, 4.69) is 9.97 Å². The van der Waals surface area contributed by atoms with E-state index in [1.54, 1.807) is 43.8 Å². The lowest BCUT2D eigenvalue weighted by Crippen LogP contribution is -2.17. The first-order valence-electron chi connectivity index (χ1n) is 4.22. The molecule has 0 aromatic carbocycles. The molecule has 0 unspecified atom stereocenters. The van der Waals surface area contributed by atoms with E-state index < -0.39 is 0 Å². The van der Waals surface area contributed by atoms with Crippen LogP contribution in [0.5, 0.6) is 0 Å². The fraction of sp³-hybridized carbons (Fsp3) is 0.100. The van der Waals surface area contributed by atoms with E-state index in [-0.39, 0.29) is 5.56 Å². The Balaban J connectivity index is 2.64. The van der Waals surface area contributed by atoms with Crippen molar-refractivity contribution in [2.75, 3.05) is 0 Å². The van der Waals surface area contributed by atoms with Crippen LogP contribution in [0.4, 0.5) is 0 Å². The molecule has 0 bridgehead atoms. The topological polar surface area (TPSA) is 47.8 Å². The van der Waals surface area contributed by atoms with E-state index in [9.17, 15) is 4.79 Å². The molecule has 4 nitrogen and oxygen atoms in total. The van der Waals surface area contributed by atoms with Gasteiger partial charge in [0.15, 0.2) is 5.82 Å². The van der Waals surface area contributed by atoms with Crippen LogP contribution in [0.1, 0.15) is 0 Å². The van der Waals surface area contributed by atoms with Gasteiger partial charge in [0, 0.05) is 25.6 Å². The molecule has 0 spiro atoms. The minimum Gasteiger partial charge on any atom is -0.318 e. The molecule has 0 atom stereocenters. The molecule has 0 N–H and O–H groups in total. The first-order chi connectivity index (χ1) is 6.79. The Labute approximate surface area is 80.9 Å². The zero-order chi connectivity index (χ0) is 9.97. The van der Waals surface area contributed by atoms with Crippen molar-refractivity contribution < 1.29 is 0 Å². The largest absolute Gasteiger partial charge is 0.318 e. The van der Waals surface area contributed by atoms with Gasteiger partial charge in [0.1, 0.15) is 0 Å². The van der Waals surface area contributed by atoms with Crippen molar-refractivity contribution in [2.45, 2.75) is 0 Å². The molecule has 0 saturated carbocycles. The molecule has 14 heavy (non-hydrogen) atoms. The van der Waals surface area contributed by atoms with Crippen molar-refractivity contribution in [3.63, 3.8) is 0 Å². The van der Waals surface area contributed by atoms with Crippen molar-refractivity contribution in [2.24, 2.45) is 7.05 Å². The van der Waals surface area contributed by atoms with Gasteiger partial charge in [-0.3, -0.25) is 4.79 Å². The van der Waals surface area contributed by atoms with Gasteiger partial charge in [0.2, 0.25) is 0 Å². The monoisotopic (exact) mass is 187 g/mol. The second-order valence-corrected chi connectivity index (χ2v) is 2.91. The third-order valence-electron chi connectivity index (χ3n) is 1.93. The summed E-state index contributed by atoms with van der Waals surface area (Å²) in [5, 5.41) is 0. The fourth-order valence-corrected chi connectivity index (χ4v) is 1.21. The van der Waals surface area contributed by atoms with Crippen LogP contribution in [0, 0.1) is 0 Å². The lowest BCUT2D eigenvalue weighted by atomic mass is 10.2. The second-order valence-electron chi connectivity index (χ2n) is 2.91. The molecule has 70 valence electrons. The van der Waals surface area contributed by atoms with Gasteiger partial charge in [-0.1, -0.05) is 0 Å². The zero-order valence-electron chi connectivity index (χ0n) is 7.71. The van der Waals surface area contributed by atoms with E-state index >= 15 is 0 Å². The van der Waals surface area contributed by atoms with Gasteiger partial charge in [0.25, 0.3) is 5.56 Å². The molecule has 2 aromatic rings. The first-order valence-corrected chi connectivity index (χ1v) is 4.22. The average molecular weight is 187 g/mol. The van der Waals surface area contributed by atoms with Gasteiger partial charge in [-0.15, -0.1) is 0 Å². The summed E-state index contributed by atoms with van der Waals surface area (Å²) in [6, 6.07) is 5.24. The summed E-state index contributed by atoms with van der Waals surface area (Å²) in [7, 11) is 1.70. The SMILES string of the molecule is Cn1cccc(-c2ncccn2)c1=O. The van der Waals surface area contributed by atoms with Crippen LogP contribution in [0.15, 0.2) is 41.6 Å². The molecule has 0 aliphatic carbocycles. The Kier molecular flexibility index (Phi) is 2.10. The summed E-state index contributed by atoms with van der Waals surface area (Å²) in [4.78, 5) is 19.7. The first kappa shape index (κ1) is 8.62. The van der Waals surface area contributed by atoms with Gasteiger partial charge < -0.3 is 4.57 Å². The maximum absolute atomic E-state index is 11.7. The van der Waals surface area contributed by atoms with E-state index in [0.29, 0.717) is 11.4 Å². The lowest BCUT2D eigenvalue weighted by Gasteiger charge is -2.00. The van der Waals surface area contributed by atoms with Crippen LogP contribution in [0.25, 0.3) is 11.4 Å². The molecule has 0 amide bonds. The van der Waals surface area contributed by atoms with Gasteiger partial charge in [-0.05, 0) is 18.2 Å². The van der Waals surface area contributed by atoms with Crippen LogP contribution >= 0.6 is 0 Å². The van der Waals surface area contributed by atoms with Crippen molar-refractivity contribution in [1.29, 1.82) is 0 Å². The Morgan fingerprint density at radius 1 is 1.21 bits per heavy atom. The molecule has 2 rings (SSSR count). The Bertz CT molecular complexity index is 490. The Morgan fingerprint density at radius 3 is 2.64 bits per heavy atom. The Hall–Kier alpha value is -1.97. The smallest absolute Gasteiger partial charge is 0.261 e. The van der Waals surface area contributed by atoms with E-state index in [4.69, 9.17) is 0 Å². The maximum Gasteiger partial charge on any atom is 0.261 e. The molecule has 0 aliphatic rings. The van der Waals surface area contributed by atoms with Crippen molar-refractivity contribution in [3.05, 3.63) is 47.1 Å². The molecule has 0 saturated heterocycles. The van der Waals surface area contributed by atoms with Crippen molar-refractivity contribution >= 4 is 0 Å². The third kappa shape index (κ3) is 1.42. The van der Waals surface area contributed by atoms with Gasteiger partial charge in [-0.25, -0.2) is 9.97 Å². The Morgan fingerprint density at radius 2 is 1.93 bits per heavy atom. The quantitative estimate of drug-likeness (QED) is 0.664. The molecular formula is C10H9N3O. The molecule has 2 aromatic heterocycles. The van der Waals surface area contributed by atoms with Crippen LogP contribution in [0.2, 0.25) is 0 Å². The van der Waals surface area contributed by atoms with E-state index in [0.717, 1.165) is 0 Å². The van der Waals surface area contributed by atoms with Gasteiger partial charge in [0.05, 0.1) is 5.56 Å². The minimum atomic E-state index is -0.0845. The molecule has 0 fully saturated rings. The standard InChI is InChI=1S/C10H9N3O/c1-13-7-2-4-8(10(13)14)9-11-5-3-6-12-9/h2-7H,1H3. The molecule has 0 radical (unpaired) electrons. The van der Waals surface area contributed by atoms with Gasteiger partial charge >= 0.3 is 0 Å². The number of nitrogens with zero attached hydrogens (tertiary/aromatic N) is 3. The average Bonchev–Trinajstić information content (AvgIpc) is 2.23. The number of hydrogen-bond acceptors (Lipinski definition) is 3. The molecule has 4 heteroatoms. The van der Waals surface area contributed by atoms with Crippen LogP contribution < -0.4 is 5.56 Å². The predicted molar refractivity (Wildman–Crippen MR) is 52.7 cm³/mol. The summed E-state index contributed by atoms with van der Waals surface area (Å²) in [6.07, 6.45) is 4.94. The summed E-state index contributed by atoms with van der Waals surface area (Å²) >= 11 is 0. The van der Waals surface area contributed by atoms with Crippen LogP contribution in [-0.2, 0) is 7.05 Å². The summed E-state index contributed by atoms with van der Waals surface area (Å²) < 4.78 is 1.51. The van der Waals surface area contributed by atoms with Crippen molar-refractivity contribution in [1.82, 2.24) is 14.5 Å². The highest BCUT2D eigenvalue weighted by Gasteiger charge is 2.04. The highest BCUT2D eigenvalue weighted by atomic mass is 16.1. The highest BCUT2D eigenvalue weighted by Crippen LogP contribution is 2.06. The van der Waals surface area contributed by atoms with Gasteiger partial charge in [-0.2, -0.15) is 0 Å². The summed E-state index contributed by atoms with van der Waals surface area (Å²) in [5.74, 6) is 0.466. The minimum absolute atomic E-state index is 0.0845. The molecule has 2 heterocycles. The van der Waals surface area contributed by atoms with E-state index in [1.807, 2.05) is 0 Å². The zero-order valence-corrected chi connectivity index (χ0v) is 7.71. The molecular weight excluding hydrogens is 178 g/mol. The third-order valence-corrected chi connectivity index (χ3v) is 1.93. The van der Waals surface area contributed by atoms with Crippen LogP contribution in [0.3, 0.4) is 0 Å². The lowest BCUT2D eigenvalue weighted by molar-refractivity contribution is 0.860. The second kappa shape index (κ2) is 3.41. The maximum atomic E-state index is 11.7. The number of aryl methyl sites for hydroxylation is 1. The number of hydrogen-bond donors (Lipinski definition) is 0. The van der Waals surface area contributed by atoms with Crippen LogP contribution in [-0.4, -0.2) is 14.5 Å². The summed E-state index contributed by atoms with van der Waals surface area (Å²) in [5.41, 5.74) is 0.439. The van der Waals surface area contributed by atoms with E-state index in [1.165, 1.54) is 4.57 Å². The normalized spacial score (nSPS) is 10.1. The summed E-state index contributed by atoms with van der Waals surface area (Å²) in [6.45, 7) is 0. The number of aromatic nitrogens is 3. The fourth-order valence-electron chi connectivity index (χ4n) is 1.21. The highest BCUT2D eigenvalue weighted by molar-refractivity contribution is 5.52. The number of pyridine rings is 1. The number of rotatable bonds is 1. The predicted octanol–water partition coefficient (Wildman–Crippen LogP) is 0.842.